The number of amides is 4. The number of nitrogens with one attached hydrogen (secondary N) is 4. The molecule has 0 spiro atoms. The number of aryl methyl sites for hydroxylation is 3. The van der Waals surface area contributed by atoms with Gasteiger partial charge in [-0.2, -0.15) is 0 Å². The van der Waals surface area contributed by atoms with Crippen LogP contribution in [0.5, 0.6) is 17.2 Å². The van der Waals surface area contributed by atoms with Crippen LogP contribution in [-0.4, -0.2) is 81.5 Å². The van der Waals surface area contributed by atoms with Crippen molar-refractivity contribution in [2.24, 2.45) is 0 Å². The lowest BCUT2D eigenvalue weighted by atomic mass is 9.96. The Morgan fingerprint density at radius 2 is 1.15 bits per heavy atom. The molecule has 2 aliphatic heterocycles. The second kappa shape index (κ2) is 20.9. The first-order valence-electron chi connectivity index (χ1n) is 23.7. The molecule has 0 atom stereocenters. The SMILES string of the molecule is COc1ccc(NC(=O)Nc2cc3ccc(OC4CCN(C)CC4)c(C)c3oc2=O)cc1-c1cc(Cl)cc(Cc2c(OC3CCN(C)CC3)ccc3cc(NC(=O)Nc4ccc(C)c(C)c4)c(=O)oc23)c1. The zero-order valence-electron chi connectivity index (χ0n) is 40.6. The average molecular weight is 982 g/mol. The van der Waals surface area contributed by atoms with Crippen molar-refractivity contribution in [3.63, 3.8) is 0 Å². The van der Waals surface area contributed by atoms with E-state index in [1.54, 1.807) is 49.6 Å². The molecule has 16 heteroatoms. The van der Waals surface area contributed by atoms with Crippen molar-refractivity contribution in [2.75, 3.05) is 68.7 Å². The van der Waals surface area contributed by atoms with E-state index >= 15 is 0 Å². The summed E-state index contributed by atoms with van der Waals surface area (Å²) in [7, 11) is 5.73. The van der Waals surface area contributed by atoms with E-state index in [4.69, 9.17) is 34.6 Å². The molecule has 0 radical (unpaired) electrons. The Hall–Kier alpha value is -7.33. The number of benzene rings is 5. The number of hydrogen-bond acceptors (Lipinski definition) is 11. The maximum atomic E-state index is 13.6. The van der Waals surface area contributed by atoms with Gasteiger partial charge in [0.15, 0.2) is 0 Å². The molecule has 2 fully saturated rings. The van der Waals surface area contributed by atoms with E-state index in [1.165, 1.54) is 0 Å². The Bertz CT molecular complexity index is 3280. The van der Waals surface area contributed by atoms with Gasteiger partial charge in [0.1, 0.15) is 52.0 Å². The molecular formula is C55H57ClN6O9. The fourth-order valence-electron chi connectivity index (χ4n) is 9.19. The highest BCUT2D eigenvalue weighted by Crippen LogP contribution is 2.38. The molecule has 71 heavy (non-hydrogen) atoms. The van der Waals surface area contributed by atoms with Crippen LogP contribution in [0.25, 0.3) is 33.1 Å². The number of anilines is 4. The quantitative estimate of drug-likeness (QED) is 0.0857. The second-order valence-electron chi connectivity index (χ2n) is 18.6. The topological polar surface area (TPSA) is 177 Å². The number of ether oxygens (including phenoxy) is 3. The lowest BCUT2D eigenvalue weighted by Crippen LogP contribution is -2.35. The van der Waals surface area contributed by atoms with E-state index in [1.807, 2.05) is 69.3 Å². The first-order chi connectivity index (χ1) is 34.2. The number of nitrogens with zero attached hydrogens (tertiary/aromatic N) is 2. The lowest BCUT2D eigenvalue weighted by molar-refractivity contribution is 0.113. The maximum absolute atomic E-state index is 13.6. The van der Waals surface area contributed by atoms with Crippen LogP contribution in [-0.2, 0) is 6.42 Å². The van der Waals surface area contributed by atoms with Gasteiger partial charge in [0.2, 0.25) is 0 Å². The third-order valence-electron chi connectivity index (χ3n) is 13.4. The molecule has 15 nitrogen and oxygen atoms in total. The summed E-state index contributed by atoms with van der Waals surface area (Å²) in [6, 6.07) is 25.6. The monoisotopic (exact) mass is 980 g/mol. The van der Waals surface area contributed by atoms with Crippen LogP contribution in [0.15, 0.2) is 109 Å². The summed E-state index contributed by atoms with van der Waals surface area (Å²) in [5.74, 6) is 1.74. The maximum Gasteiger partial charge on any atom is 0.360 e. The van der Waals surface area contributed by atoms with E-state index in [0.717, 1.165) is 68.6 Å². The molecule has 0 bridgehead atoms. The van der Waals surface area contributed by atoms with Crippen molar-refractivity contribution in [3.8, 4) is 28.4 Å². The molecule has 7 aromatic rings. The summed E-state index contributed by atoms with van der Waals surface area (Å²) in [6.07, 6.45) is 3.74. The van der Waals surface area contributed by atoms with Gasteiger partial charge in [-0.15, -0.1) is 0 Å². The largest absolute Gasteiger partial charge is 0.496 e. The summed E-state index contributed by atoms with van der Waals surface area (Å²) in [5.41, 5.74) is 5.76. The fraction of sp³-hybridized carbons (Fsp3) is 0.309. The molecule has 4 heterocycles. The van der Waals surface area contributed by atoms with Gasteiger partial charge in [-0.3, -0.25) is 0 Å². The molecule has 368 valence electrons. The minimum absolute atomic E-state index is 0.0218. The minimum Gasteiger partial charge on any atom is -0.496 e. The second-order valence-corrected chi connectivity index (χ2v) is 19.0. The summed E-state index contributed by atoms with van der Waals surface area (Å²) in [5, 5.41) is 12.6. The Labute approximate surface area is 416 Å². The summed E-state index contributed by atoms with van der Waals surface area (Å²) >= 11 is 6.87. The molecule has 4 amide bonds. The lowest BCUT2D eigenvalue weighted by Gasteiger charge is -2.30. The number of hydrogen-bond donors (Lipinski definition) is 4. The van der Waals surface area contributed by atoms with Gasteiger partial charge in [-0.1, -0.05) is 23.7 Å². The molecule has 2 aliphatic rings. The number of methoxy groups -OCH3 is 1. The Morgan fingerprint density at radius 1 is 0.620 bits per heavy atom. The zero-order valence-corrected chi connectivity index (χ0v) is 41.4. The van der Waals surface area contributed by atoms with Crippen molar-refractivity contribution >= 4 is 68.4 Å². The first kappa shape index (κ1) is 48.7. The van der Waals surface area contributed by atoms with E-state index < -0.39 is 23.3 Å². The average Bonchev–Trinajstić information content (AvgIpc) is 3.34. The van der Waals surface area contributed by atoms with Gasteiger partial charge in [-0.25, -0.2) is 19.2 Å². The van der Waals surface area contributed by atoms with Crippen LogP contribution in [0, 0.1) is 20.8 Å². The normalized spacial score (nSPS) is 14.9. The third-order valence-corrected chi connectivity index (χ3v) is 13.6. The first-order valence-corrected chi connectivity index (χ1v) is 24.1. The molecule has 2 aromatic heterocycles. The zero-order chi connectivity index (χ0) is 49.9. The van der Waals surface area contributed by atoms with Crippen molar-refractivity contribution in [2.45, 2.75) is 65.1 Å². The van der Waals surface area contributed by atoms with Crippen LogP contribution in [0.4, 0.5) is 32.3 Å². The molecule has 0 saturated carbocycles. The van der Waals surface area contributed by atoms with Crippen LogP contribution < -0.4 is 46.7 Å². The summed E-state index contributed by atoms with van der Waals surface area (Å²) in [4.78, 5) is 58.0. The van der Waals surface area contributed by atoms with Crippen molar-refractivity contribution in [3.05, 3.63) is 145 Å². The summed E-state index contributed by atoms with van der Waals surface area (Å²) in [6.45, 7) is 9.47. The molecule has 5 aromatic carbocycles. The summed E-state index contributed by atoms with van der Waals surface area (Å²) < 4.78 is 30.6. The highest BCUT2D eigenvalue weighted by molar-refractivity contribution is 6.31. The number of carbonyl (C=O) groups excluding carboxylic acids is 2. The highest BCUT2D eigenvalue weighted by atomic mass is 35.5. The molecule has 0 unspecified atom stereocenters. The minimum atomic E-state index is -0.728. The fourth-order valence-corrected chi connectivity index (χ4v) is 9.44. The molecule has 0 aliphatic carbocycles. The van der Waals surface area contributed by atoms with Gasteiger partial charge < -0.3 is 54.1 Å². The molecule has 9 rings (SSSR count). The number of urea groups is 2. The van der Waals surface area contributed by atoms with E-state index in [0.29, 0.717) is 77.8 Å². The number of piperidine rings is 2. The number of likely N-dealkylation sites (tertiary alicyclic amines) is 2. The van der Waals surface area contributed by atoms with E-state index in [-0.39, 0.29) is 30.0 Å². The highest BCUT2D eigenvalue weighted by Gasteiger charge is 2.24. The molecular weight excluding hydrogens is 924 g/mol. The van der Waals surface area contributed by atoms with Crippen molar-refractivity contribution in [1.82, 2.24) is 9.80 Å². The Balaban J connectivity index is 0.964. The van der Waals surface area contributed by atoms with Crippen LogP contribution >= 0.6 is 11.6 Å². The van der Waals surface area contributed by atoms with Crippen LogP contribution in [0.1, 0.15) is 53.5 Å². The predicted octanol–water partition coefficient (Wildman–Crippen LogP) is 11.0. The van der Waals surface area contributed by atoms with Gasteiger partial charge in [-0.05, 0) is 162 Å². The Kier molecular flexibility index (Phi) is 14.4. The van der Waals surface area contributed by atoms with E-state index in [9.17, 15) is 19.2 Å². The molecule has 2 saturated heterocycles. The Morgan fingerprint density at radius 3 is 1.76 bits per heavy atom. The smallest absolute Gasteiger partial charge is 0.360 e. The number of carbonyl (C=O) groups is 2. The molecule has 4 N–H and O–H groups in total. The van der Waals surface area contributed by atoms with Crippen molar-refractivity contribution < 1.29 is 32.6 Å². The van der Waals surface area contributed by atoms with Gasteiger partial charge in [0.25, 0.3) is 0 Å². The van der Waals surface area contributed by atoms with Gasteiger partial charge in [0, 0.05) is 76.5 Å². The van der Waals surface area contributed by atoms with Crippen LogP contribution in [0.2, 0.25) is 5.02 Å². The number of rotatable bonds is 12. The predicted molar refractivity (Wildman–Crippen MR) is 279 cm³/mol. The van der Waals surface area contributed by atoms with E-state index in [2.05, 4.69) is 45.2 Å². The van der Waals surface area contributed by atoms with Crippen molar-refractivity contribution in [1.29, 1.82) is 0 Å². The number of halogens is 1. The van der Waals surface area contributed by atoms with Crippen LogP contribution in [0.3, 0.4) is 0 Å². The third kappa shape index (κ3) is 11.3. The van der Waals surface area contributed by atoms with Gasteiger partial charge >= 0.3 is 23.3 Å². The van der Waals surface area contributed by atoms with Gasteiger partial charge in [0.05, 0.1) is 7.11 Å². The number of fused-ring (bicyclic) bond motifs is 2. The standard InChI is InChI=1S/C55H57ClN6O9/c1-31-7-10-39(23-32(31)2)57-54(65)60-46-29-36-9-13-49(69-42-17-21-62(5)22-18-42)44(51(36)71-53(46)64)26-34-24-37(27-38(56)25-34)43-30-40(11-14-48(43)67-6)58-55(66)59-45-28-35-8-12-47(33(3)50(35)70-52(45)63)68-41-15-19-61(4)20-16-41/h7-14,23-25,27-30,41-42H,15-22,26H2,1-6H3,(H2,57,60,65)(H2,58,59,66).